The number of carbonyl (C=O) groups excluding carboxylic acids is 1. The molecule has 0 aromatic heterocycles. The summed E-state index contributed by atoms with van der Waals surface area (Å²) in [5.74, 6) is -3.92. The predicted octanol–water partition coefficient (Wildman–Crippen LogP) is 0.497. The first-order chi connectivity index (χ1) is 7.77. The third kappa shape index (κ3) is 3.09. The molecule has 0 aromatic rings. The summed E-state index contributed by atoms with van der Waals surface area (Å²) >= 11 is 0. The van der Waals surface area contributed by atoms with Crippen molar-refractivity contribution >= 4 is 11.9 Å². The van der Waals surface area contributed by atoms with Crippen LogP contribution < -0.4 is 0 Å². The highest BCUT2D eigenvalue weighted by Gasteiger charge is 2.49. The van der Waals surface area contributed by atoms with Gasteiger partial charge < -0.3 is 14.7 Å². The van der Waals surface area contributed by atoms with Crippen LogP contribution in [0.5, 0.6) is 0 Å². The van der Waals surface area contributed by atoms with Crippen LogP contribution in [-0.2, 0) is 14.3 Å². The molecule has 1 fully saturated rings. The second-order valence-electron chi connectivity index (χ2n) is 3.87. The number of carboxylic acids is 1. The van der Waals surface area contributed by atoms with E-state index in [1.54, 1.807) is 0 Å². The number of hydrogen-bond acceptors (Lipinski definition) is 3. The van der Waals surface area contributed by atoms with E-state index in [1.165, 1.54) is 7.11 Å². The van der Waals surface area contributed by atoms with Gasteiger partial charge in [0.15, 0.2) is 0 Å². The van der Waals surface area contributed by atoms with Gasteiger partial charge in [-0.3, -0.25) is 4.79 Å². The molecular formula is C9H12F3NO4. The van der Waals surface area contributed by atoms with Crippen molar-refractivity contribution < 1.29 is 32.6 Å². The van der Waals surface area contributed by atoms with Crippen LogP contribution in [0.4, 0.5) is 13.2 Å². The molecular weight excluding hydrogens is 243 g/mol. The molecule has 0 unspecified atom stereocenters. The summed E-state index contributed by atoms with van der Waals surface area (Å²) < 4.78 is 41.5. The second-order valence-corrected chi connectivity index (χ2v) is 3.87. The van der Waals surface area contributed by atoms with Gasteiger partial charge in [-0.1, -0.05) is 0 Å². The average Bonchev–Trinajstić information content (AvgIpc) is 2.59. The van der Waals surface area contributed by atoms with E-state index in [0.29, 0.717) is 4.90 Å². The molecule has 98 valence electrons. The molecule has 1 rings (SSSR count). The van der Waals surface area contributed by atoms with E-state index < -0.39 is 24.1 Å². The molecule has 1 amide bonds. The first kappa shape index (κ1) is 13.8. The van der Waals surface area contributed by atoms with E-state index in [9.17, 15) is 22.8 Å². The number of likely N-dealkylation sites (tertiary alicyclic amines) is 1. The van der Waals surface area contributed by atoms with Crippen LogP contribution in [0, 0.1) is 5.92 Å². The van der Waals surface area contributed by atoms with Crippen molar-refractivity contribution in [3.63, 3.8) is 0 Å². The van der Waals surface area contributed by atoms with Crippen molar-refractivity contribution in [1.29, 1.82) is 0 Å². The SMILES string of the molecule is COC[C@H]1C[C@@H](C(=O)O)N(C(=O)C(F)(F)F)C1. The van der Waals surface area contributed by atoms with Gasteiger partial charge in [0.2, 0.25) is 0 Å². The molecule has 17 heavy (non-hydrogen) atoms. The number of amides is 1. The Morgan fingerprint density at radius 2 is 2.06 bits per heavy atom. The van der Waals surface area contributed by atoms with Gasteiger partial charge in [-0.25, -0.2) is 4.79 Å². The van der Waals surface area contributed by atoms with E-state index in [-0.39, 0.29) is 25.5 Å². The van der Waals surface area contributed by atoms with Crippen LogP contribution >= 0.6 is 0 Å². The third-order valence-corrected chi connectivity index (χ3v) is 2.58. The zero-order chi connectivity index (χ0) is 13.2. The largest absolute Gasteiger partial charge is 0.480 e. The van der Waals surface area contributed by atoms with E-state index >= 15 is 0 Å². The number of carbonyl (C=O) groups is 2. The Balaban J connectivity index is 2.82. The summed E-state index contributed by atoms with van der Waals surface area (Å²) in [5, 5.41) is 8.78. The number of hydrogen-bond donors (Lipinski definition) is 1. The maximum atomic E-state index is 12.2. The van der Waals surface area contributed by atoms with Crippen LogP contribution in [0.15, 0.2) is 0 Å². The fraction of sp³-hybridized carbons (Fsp3) is 0.778. The van der Waals surface area contributed by atoms with E-state index in [1.807, 2.05) is 0 Å². The molecule has 1 N–H and O–H groups in total. The smallest absolute Gasteiger partial charge is 0.471 e. The number of carboxylic acid groups (broad SMARTS) is 1. The fourth-order valence-electron chi connectivity index (χ4n) is 1.90. The lowest BCUT2D eigenvalue weighted by molar-refractivity contribution is -0.188. The van der Waals surface area contributed by atoms with Crippen LogP contribution in [0.1, 0.15) is 6.42 Å². The first-order valence-corrected chi connectivity index (χ1v) is 4.87. The monoisotopic (exact) mass is 255 g/mol. The molecule has 0 spiro atoms. The highest BCUT2D eigenvalue weighted by molar-refractivity contribution is 5.87. The molecule has 1 saturated heterocycles. The minimum atomic E-state index is -5.05. The number of nitrogens with zero attached hydrogens (tertiary/aromatic N) is 1. The highest BCUT2D eigenvalue weighted by atomic mass is 19.4. The lowest BCUT2D eigenvalue weighted by atomic mass is 10.1. The summed E-state index contributed by atoms with van der Waals surface area (Å²) in [7, 11) is 1.37. The Labute approximate surface area is 95.1 Å². The molecule has 0 bridgehead atoms. The molecule has 5 nitrogen and oxygen atoms in total. The van der Waals surface area contributed by atoms with Gasteiger partial charge in [0, 0.05) is 19.6 Å². The number of alkyl halides is 3. The molecule has 0 aliphatic carbocycles. The Bertz CT molecular complexity index is 318. The minimum Gasteiger partial charge on any atom is -0.480 e. The van der Waals surface area contributed by atoms with Crippen LogP contribution in [-0.4, -0.2) is 54.4 Å². The number of methoxy groups -OCH3 is 1. The van der Waals surface area contributed by atoms with Gasteiger partial charge in [0.25, 0.3) is 0 Å². The Hall–Kier alpha value is -1.31. The average molecular weight is 255 g/mol. The van der Waals surface area contributed by atoms with Crippen molar-refractivity contribution in [2.24, 2.45) is 5.92 Å². The Kier molecular flexibility index (Phi) is 3.97. The molecule has 0 radical (unpaired) electrons. The first-order valence-electron chi connectivity index (χ1n) is 4.87. The summed E-state index contributed by atoms with van der Waals surface area (Å²) in [6.07, 6.45) is -5.07. The highest BCUT2D eigenvalue weighted by Crippen LogP contribution is 2.29. The number of rotatable bonds is 3. The van der Waals surface area contributed by atoms with Crippen molar-refractivity contribution in [3.8, 4) is 0 Å². The second kappa shape index (κ2) is 4.91. The summed E-state index contributed by atoms with van der Waals surface area (Å²) in [6, 6.07) is -1.43. The summed E-state index contributed by atoms with van der Waals surface area (Å²) in [6.45, 7) is -0.117. The minimum absolute atomic E-state index is 0.0228. The van der Waals surface area contributed by atoms with Crippen molar-refractivity contribution in [2.75, 3.05) is 20.3 Å². The normalized spacial score (nSPS) is 25.1. The molecule has 2 atom stereocenters. The molecule has 1 aliphatic heterocycles. The topological polar surface area (TPSA) is 66.8 Å². The maximum Gasteiger partial charge on any atom is 0.471 e. The molecule has 1 heterocycles. The van der Waals surface area contributed by atoms with Gasteiger partial charge >= 0.3 is 18.1 Å². The van der Waals surface area contributed by atoms with Crippen molar-refractivity contribution in [3.05, 3.63) is 0 Å². The molecule has 1 aliphatic rings. The van der Waals surface area contributed by atoms with Gasteiger partial charge in [-0.2, -0.15) is 13.2 Å². The Morgan fingerprint density at radius 3 is 2.47 bits per heavy atom. The van der Waals surface area contributed by atoms with Crippen LogP contribution in [0.2, 0.25) is 0 Å². The van der Waals surface area contributed by atoms with E-state index in [2.05, 4.69) is 0 Å². The third-order valence-electron chi connectivity index (χ3n) is 2.58. The van der Waals surface area contributed by atoms with Crippen molar-refractivity contribution in [1.82, 2.24) is 4.90 Å². The lowest BCUT2D eigenvalue weighted by Gasteiger charge is -2.22. The predicted molar refractivity (Wildman–Crippen MR) is 49.2 cm³/mol. The summed E-state index contributed by atoms with van der Waals surface area (Å²) in [5.41, 5.74) is 0. The molecule has 0 saturated carbocycles. The summed E-state index contributed by atoms with van der Waals surface area (Å²) in [4.78, 5) is 22.2. The zero-order valence-corrected chi connectivity index (χ0v) is 9.03. The molecule has 0 aromatic carbocycles. The quantitative estimate of drug-likeness (QED) is 0.797. The van der Waals surface area contributed by atoms with Gasteiger partial charge in [-0.05, 0) is 6.42 Å². The van der Waals surface area contributed by atoms with Gasteiger partial charge in [0.05, 0.1) is 6.61 Å². The van der Waals surface area contributed by atoms with Gasteiger partial charge in [-0.15, -0.1) is 0 Å². The van der Waals surface area contributed by atoms with Gasteiger partial charge in [0.1, 0.15) is 6.04 Å². The standard InChI is InChI=1S/C9H12F3NO4/c1-17-4-5-2-6(7(14)15)13(3-5)8(16)9(10,11)12/h5-6H,2-4H2,1H3,(H,14,15)/t5-,6-/m0/s1. The van der Waals surface area contributed by atoms with E-state index in [4.69, 9.17) is 9.84 Å². The number of halogens is 3. The van der Waals surface area contributed by atoms with Crippen LogP contribution in [0.3, 0.4) is 0 Å². The fourth-order valence-corrected chi connectivity index (χ4v) is 1.90. The lowest BCUT2D eigenvalue weighted by Crippen LogP contribution is -2.46. The van der Waals surface area contributed by atoms with Crippen molar-refractivity contribution in [2.45, 2.75) is 18.6 Å². The van der Waals surface area contributed by atoms with E-state index in [0.717, 1.165) is 0 Å². The maximum absolute atomic E-state index is 12.2. The number of ether oxygens (including phenoxy) is 1. The zero-order valence-electron chi connectivity index (χ0n) is 9.03. The Morgan fingerprint density at radius 1 is 1.47 bits per heavy atom. The van der Waals surface area contributed by atoms with Crippen LogP contribution in [0.25, 0.3) is 0 Å². The molecule has 8 heteroatoms. The number of aliphatic carboxylic acids is 1.